The summed E-state index contributed by atoms with van der Waals surface area (Å²) in [6.07, 6.45) is 2.96. The van der Waals surface area contributed by atoms with Crippen LogP contribution in [0.25, 0.3) is 0 Å². The number of rotatable bonds is 2. The number of Topliss-reactive ketones (excluding diaryl/α,β-unsaturated/α-hetero) is 1. The van der Waals surface area contributed by atoms with E-state index in [1.165, 1.54) is 0 Å². The Morgan fingerprint density at radius 2 is 2.56 bits per heavy atom. The molecule has 1 aliphatic heterocycles. The smallest absolute Gasteiger partial charge is 0.227 e. The molecule has 0 aliphatic carbocycles. The first kappa shape index (κ1) is 6.16. The lowest BCUT2D eigenvalue weighted by molar-refractivity contribution is -0.134. The lowest BCUT2D eigenvalue weighted by atomic mass is 10.2. The summed E-state index contributed by atoms with van der Waals surface area (Å²) in [5, 5.41) is 0. The Hall–Kier alpha value is -0.960. The van der Waals surface area contributed by atoms with Gasteiger partial charge in [-0.3, -0.25) is 9.59 Å². The molecule has 48 valence electrons. The van der Waals surface area contributed by atoms with Crippen molar-refractivity contribution >= 4 is 12.1 Å². The van der Waals surface area contributed by atoms with Gasteiger partial charge in [0.1, 0.15) is 6.10 Å². The maximum absolute atomic E-state index is 10.5. The highest BCUT2D eigenvalue weighted by molar-refractivity contribution is 6.27. The summed E-state index contributed by atoms with van der Waals surface area (Å²) >= 11 is 0. The van der Waals surface area contributed by atoms with Crippen LogP contribution in [0, 0.1) is 0 Å². The maximum Gasteiger partial charge on any atom is 0.227 e. The van der Waals surface area contributed by atoms with E-state index in [9.17, 15) is 9.59 Å². The first-order chi connectivity index (χ1) is 4.34. The van der Waals surface area contributed by atoms with Crippen molar-refractivity contribution in [3.05, 3.63) is 12.2 Å². The van der Waals surface area contributed by atoms with Crippen LogP contribution in [-0.2, 0) is 14.3 Å². The first-order valence-electron chi connectivity index (χ1n) is 2.62. The van der Waals surface area contributed by atoms with E-state index in [0.29, 0.717) is 6.61 Å². The van der Waals surface area contributed by atoms with Gasteiger partial charge >= 0.3 is 0 Å². The average molecular weight is 126 g/mol. The van der Waals surface area contributed by atoms with E-state index in [0.717, 1.165) is 0 Å². The van der Waals surface area contributed by atoms with E-state index in [1.54, 1.807) is 12.2 Å². The quantitative estimate of drug-likeness (QED) is 0.290. The van der Waals surface area contributed by atoms with Crippen LogP contribution >= 0.6 is 0 Å². The van der Waals surface area contributed by atoms with E-state index in [4.69, 9.17) is 4.74 Å². The summed E-state index contributed by atoms with van der Waals surface area (Å²) in [6.45, 7) is 0.435. The molecule has 0 amide bonds. The molecule has 0 bridgehead atoms. The Kier molecular flexibility index (Phi) is 1.75. The second kappa shape index (κ2) is 2.55. The Balaban J connectivity index is 2.52. The summed E-state index contributed by atoms with van der Waals surface area (Å²) in [5.74, 6) is -0.510. The molecule has 0 aromatic carbocycles. The van der Waals surface area contributed by atoms with Gasteiger partial charge in [0.05, 0.1) is 6.61 Å². The number of aldehydes is 1. The van der Waals surface area contributed by atoms with Gasteiger partial charge in [-0.05, 0) is 6.08 Å². The third-order valence-electron chi connectivity index (χ3n) is 1.08. The van der Waals surface area contributed by atoms with Gasteiger partial charge in [-0.15, -0.1) is 0 Å². The molecule has 3 nitrogen and oxygen atoms in total. The van der Waals surface area contributed by atoms with Crippen molar-refractivity contribution < 1.29 is 14.3 Å². The molecule has 0 fully saturated rings. The van der Waals surface area contributed by atoms with Crippen molar-refractivity contribution in [3.63, 3.8) is 0 Å². The number of carbonyl (C=O) groups is 2. The predicted octanol–water partition coefficient (Wildman–Crippen LogP) is -0.291. The van der Waals surface area contributed by atoms with Gasteiger partial charge in [0.25, 0.3) is 0 Å². The summed E-state index contributed by atoms with van der Waals surface area (Å²) in [6, 6.07) is 0. The summed E-state index contributed by atoms with van der Waals surface area (Å²) < 4.78 is 4.81. The molecule has 1 atom stereocenters. The van der Waals surface area contributed by atoms with Crippen LogP contribution in [0.1, 0.15) is 0 Å². The molecule has 3 heteroatoms. The zero-order valence-electron chi connectivity index (χ0n) is 4.74. The molecule has 0 saturated heterocycles. The SMILES string of the molecule is O=CC(=O)C1C=CCO1. The molecule has 0 saturated carbocycles. The highest BCUT2D eigenvalue weighted by Crippen LogP contribution is 2.02. The zero-order chi connectivity index (χ0) is 6.69. The molecule has 0 aromatic heterocycles. The normalized spacial score (nSPS) is 24.2. The minimum absolute atomic E-state index is 0.278. The zero-order valence-corrected chi connectivity index (χ0v) is 4.74. The fraction of sp³-hybridized carbons (Fsp3) is 0.333. The maximum atomic E-state index is 10.5. The van der Waals surface area contributed by atoms with Crippen molar-refractivity contribution in [3.8, 4) is 0 Å². The average Bonchev–Trinajstić information content (AvgIpc) is 2.37. The molecular formula is C6H6O3. The molecular weight excluding hydrogens is 120 g/mol. The van der Waals surface area contributed by atoms with Gasteiger partial charge in [-0.1, -0.05) is 6.08 Å². The van der Waals surface area contributed by atoms with Gasteiger partial charge in [0.2, 0.25) is 5.78 Å². The summed E-state index contributed by atoms with van der Waals surface area (Å²) in [4.78, 5) is 20.3. The lowest BCUT2D eigenvalue weighted by Crippen LogP contribution is -2.19. The van der Waals surface area contributed by atoms with E-state index in [2.05, 4.69) is 0 Å². The van der Waals surface area contributed by atoms with Crippen molar-refractivity contribution in [2.75, 3.05) is 6.61 Å². The molecule has 1 heterocycles. The number of ether oxygens (including phenoxy) is 1. The van der Waals surface area contributed by atoms with Crippen LogP contribution in [0.3, 0.4) is 0 Å². The topological polar surface area (TPSA) is 43.4 Å². The monoisotopic (exact) mass is 126 g/mol. The van der Waals surface area contributed by atoms with E-state index >= 15 is 0 Å². The van der Waals surface area contributed by atoms with Gasteiger partial charge in [-0.2, -0.15) is 0 Å². The molecule has 0 radical (unpaired) electrons. The number of hydrogen-bond donors (Lipinski definition) is 0. The fourth-order valence-electron chi connectivity index (χ4n) is 0.638. The number of carbonyl (C=O) groups excluding carboxylic acids is 2. The predicted molar refractivity (Wildman–Crippen MR) is 30.0 cm³/mol. The Morgan fingerprint density at radius 1 is 1.78 bits per heavy atom. The molecule has 1 unspecified atom stereocenters. The van der Waals surface area contributed by atoms with E-state index in [1.807, 2.05) is 0 Å². The van der Waals surface area contributed by atoms with Crippen molar-refractivity contribution in [1.29, 1.82) is 0 Å². The molecule has 9 heavy (non-hydrogen) atoms. The Labute approximate surface area is 52.3 Å². The third-order valence-corrected chi connectivity index (χ3v) is 1.08. The van der Waals surface area contributed by atoms with Crippen LogP contribution < -0.4 is 0 Å². The second-order valence-corrected chi connectivity index (χ2v) is 1.70. The Morgan fingerprint density at radius 3 is 3.00 bits per heavy atom. The molecule has 1 aliphatic rings. The summed E-state index contributed by atoms with van der Waals surface area (Å²) in [7, 11) is 0. The van der Waals surface area contributed by atoms with Crippen molar-refractivity contribution in [1.82, 2.24) is 0 Å². The number of hydrogen-bond acceptors (Lipinski definition) is 3. The largest absolute Gasteiger partial charge is 0.362 e. The van der Waals surface area contributed by atoms with Crippen LogP contribution in [-0.4, -0.2) is 24.8 Å². The highest BCUT2D eigenvalue weighted by Gasteiger charge is 2.16. The van der Waals surface area contributed by atoms with Gasteiger partial charge in [-0.25, -0.2) is 0 Å². The first-order valence-corrected chi connectivity index (χ1v) is 2.62. The van der Waals surface area contributed by atoms with Crippen LogP contribution in [0.2, 0.25) is 0 Å². The molecule has 0 aromatic rings. The molecule has 0 N–H and O–H groups in total. The molecule has 0 spiro atoms. The van der Waals surface area contributed by atoms with Crippen LogP contribution in [0.15, 0.2) is 12.2 Å². The minimum Gasteiger partial charge on any atom is -0.362 e. The van der Waals surface area contributed by atoms with Crippen molar-refractivity contribution in [2.24, 2.45) is 0 Å². The standard InChI is InChI=1S/C6H6O3/c7-4-5(8)6-2-1-3-9-6/h1-2,4,6H,3H2. The highest BCUT2D eigenvalue weighted by atomic mass is 16.5. The summed E-state index contributed by atoms with van der Waals surface area (Å²) in [5.41, 5.74) is 0. The number of ketones is 1. The van der Waals surface area contributed by atoms with Crippen LogP contribution in [0.4, 0.5) is 0 Å². The Bertz CT molecular complexity index is 160. The van der Waals surface area contributed by atoms with Gasteiger partial charge in [0.15, 0.2) is 6.29 Å². The third kappa shape index (κ3) is 1.23. The van der Waals surface area contributed by atoms with E-state index in [-0.39, 0.29) is 6.29 Å². The lowest BCUT2D eigenvalue weighted by Gasteiger charge is -1.98. The second-order valence-electron chi connectivity index (χ2n) is 1.70. The van der Waals surface area contributed by atoms with Crippen LogP contribution in [0.5, 0.6) is 0 Å². The minimum atomic E-state index is -0.609. The van der Waals surface area contributed by atoms with Gasteiger partial charge in [0, 0.05) is 0 Å². The molecule has 1 rings (SSSR count). The fourth-order valence-corrected chi connectivity index (χ4v) is 0.638. The van der Waals surface area contributed by atoms with Gasteiger partial charge < -0.3 is 4.74 Å². The van der Waals surface area contributed by atoms with E-state index < -0.39 is 11.9 Å². The van der Waals surface area contributed by atoms with Crippen molar-refractivity contribution in [2.45, 2.75) is 6.10 Å².